The van der Waals surface area contributed by atoms with Crippen LogP contribution in [0.25, 0.3) is 0 Å². The smallest absolute Gasteiger partial charge is 0.133 e. The van der Waals surface area contributed by atoms with Crippen LogP contribution in [0.1, 0.15) is 122 Å². The SMILES string of the molecule is [2H]c1c(O)c2c(c([2H])c1C(C)(C)CCCCC([2H])([2H])C)OC(C([2H])([2H])[2H])(C([2H])([2H])[2H])[C@]1([2H])C([2H])([2H])CC(=O)C[C@@]21[2H]. The molecule has 0 spiro atoms. The number of ketones is 1. The highest BCUT2D eigenvalue weighted by Gasteiger charge is 2.47. The van der Waals surface area contributed by atoms with Crippen molar-refractivity contribution in [3.8, 4) is 11.5 Å². The molecule has 2 atom stereocenters. The second-order valence-electron chi connectivity index (χ2n) is 7.83. The van der Waals surface area contributed by atoms with Crippen LogP contribution in [0.2, 0.25) is 0 Å². The molecule has 1 N–H and O–H groups in total. The maximum atomic E-state index is 12.8. The minimum Gasteiger partial charge on any atom is -0.508 e. The van der Waals surface area contributed by atoms with Gasteiger partial charge in [-0.1, -0.05) is 46.4 Å². The van der Waals surface area contributed by atoms with Crippen LogP contribution in [0.5, 0.6) is 11.5 Å². The van der Waals surface area contributed by atoms with E-state index < -0.39 is 97.0 Å². The summed E-state index contributed by atoms with van der Waals surface area (Å²) in [4.78, 5) is 12.8. The number of fused-ring (bicyclic) bond motifs is 3. The molecule has 1 aromatic rings. The van der Waals surface area contributed by atoms with Crippen molar-refractivity contribution >= 4 is 5.78 Å². The van der Waals surface area contributed by atoms with Crippen molar-refractivity contribution in [3.63, 3.8) is 0 Å². The monoisotopic (exact) mass is 386 g/mol. The first-order valence-corrected chi connectivity index (χ1v) is 9.21. The number of benzene rings is 1. The van der Waals surface area contributed by atoms with Gasteiger partial charge >= 0.3 is 0 Å². The van der Waals surface area contributed by atoms with Crippen LogP contribution in [0.15, 0.2) is 12.1 Å². The molecule has 2 aliphatic rings. The third kappa shape index (κ3) is 4.02. The lowest BCUT2D eigenvalue weighted by molar-refractivity contribution is -0.124. The molecule has 150 valence electrons. The van der Waals surface area contributed by atoms with Gasteiger partial charge in [0.15, 0.2) is 0 Å². The maximum Gasteiger partial charge on any atom is 0.133 e. The Kier molecular flexibility index (Phi) is 2.46. The van der Waals surface area contributed by atoms with Gasteiger partial charge in [0.25, 0.3) is 0 Å². The zero-order valence-electron chi connectivity index (χ0n) is 30.0. The number of Topliss-reactive ketones (excluding diaryl/α,β-unsaturated/α-hetero) is 1. The van der Waals surface area contributed by atoms with Crippen LogP contribution in [-0.2, 0) is 10.2 Å². The van der Waals surface area contributed by atoms with Crippen molar-refractivity contribution < 1.29 is 33.8 Å². The lowest BCUT2D eigenvalue weighted by atomic mass is 9.66. The maximum absolute atomic E-state index is 12.8. The fourth-order valence-corrected chi connectivity index (χ4v) is 3.58. The molecule has 1 fully saturated rings. The summed E-state index contributed by atoms with van der Waals surface area (Å²) in [7, 11) is 0. The van der Waals surface area contributed by atoms with Gasteiger partial charge in [-0.05, 0) is 49.6 Å². The standard InChI is InChI=1S/C24H36O3/c1-6-7-8-9-12-23(2,3)16-13-20(26)22-18-15-17(25)10-11-19(18)24(4,5)27-21(22)14-16/h13-14,18-19,26H,6-12,15H2,1-5H3/t18-,19-/m1/s1/i4D3,5D3,6D2,11D2,13D,14D,18D,19D. The number of phenolic OH excluding ortho intramolecular Hbond substituents is 1. The van der Waals surface area contributed by atoms with Gasteiger partial charge in [0, 0.05) is 46.6 Å². The Bertz CT molecular complexity index is 1220. The molecule has 1 saturated carbocycles. The van der Waals surface area contributed by atoms with Gasteiger partial charge in [-0.25, -0.2) is 0 Å². The topological polar surface area (TPSA) is 46.5 Å². The largest absolute Gasteiger partial charge is 0.508 e. The van der Waals surface area contributed by atoms with Crippen molar-refractivity contribution in [1.29, 1.82) is 0 Å². The molecule has 3 nitrogen and oxygen atoms in total. The third-order valence-corrected chi connectivity index (χ3v) is 5.15. The first kappa shape index (κ1) is 8.88. The summed E-state index contributed by atoms with van der Waals surface area (Å²) in [5.41, 5.74) is -5.83. The fourth-order valence-electron chi connectivity index (χ4n) is 3.58. The van der Waals surface area contributed by atoms with E-state index in [-0.39, 0.29) is 18.4 Å². The fraction of sp³-hybridized carbons (Fsp3) is 0.708. The van der Waals surface area contributed by atoms with E-state index in [4.69, 9.17) is 21.2 Å². The van der Waals surface area contributed by atoms with E-state index in [1.54, 1.807) is 13.8 Å². The number of unbranched alkanes of at least 4 members (excludes halogenated alkanes) is 1. The van der Waals surface area contributed by atoms with Gasteiger partial charge in [-0.15, -0.1) is 0 Å². The second-order valence-corrected chi connectivity index (χ2v) is 7.83. The summed E-state index contributed by atoms with van der Waals surface area (Å²) >= 11 is 0. The predicted molar refractivity (Wildman–Crippen MR) is 110 cm³/mol. The summed E-state index contributed by atoms with van der Waals surface area (Å²) < 4.78 is 124. The van der Waals surface area contributed by atoms with Gasteiger partial charge in [-0.3, -0.25) is 4.79 Å². The molecule has 0 radical (unpaired) electrons. The van der Waals surface area contributed by atoms with E-state index in [0.29, 0.717) is 12.8 Å². The zero-order chi connectivity index (χ0) is 32.0. The van der Waals surface area contributed by atoms with E-state index in [1.807, 2.05) is 0 Å². The zero-order valence-corrected chi connectivity index (χ0v) is 16.0. The average molecular weight is 387 g/mol. The third-order valence-electron chi connectivity index (χ3n) is 5.15. The summed E-state index contributed by atoms with van der Waals surface area (Å²) in [6.45, 7) is -2.88. The van der Waals surface area contributed by atoms with E-state index >= 15 is 0 Å². The number of rotatable bonds is 6. The van der Waals surface area contributed by atoms with Gasteiger partial charge in [0.05, 0.1) is 2.74 Å². The van der Waals surface area contributed by atoms with Gasteiger partial charge in [0.2, 0.25) is 0 Å². The Balaban J connectivity index is 2.41. The number of phenols is 1. The highest BCUT2D eigenvalue weighted by atomic mass is 16.5. The van der Waals surface area contributed by atoms with Crippen molar-refractivity contribution in [2.24, 2.45) is 5.89 Å². The van der Waals surface area contributed by atoms with E-state index in [1.165, 1.54) is 6.92 Å². The molecule has 1 aliphatic heterocycles. The number of hydrogen-bond donors (Lipinski definition) is 1. The van der Waals surface area contributed by atoms with Gasteiger partial charge < -0.3 is 9.84 Å². The van der Waals surface area contributed by atoms with E-state index in [2.05, 4.69) is 0 Å². The molecule has 0 unspecified atom stereocenters. The number of aromatic hydroxyl groups is 1. The van der Waals surface area contributed by atoms with Crippen LogP contribution in [0, 0.1) is 5.89 Å². The van der Waals surface area contributed by atoms with Crippen LogP contribution in [0.4, 0.5) is 0 Å². The summed E-state index contributed by atoms with van der Waals surface area (Å²) in [6.07, 6.45) is -5.37. The molecule has 27 heavy (non-hydrogen) atoms. The number of carbonyl (C=O) groups excluding carboxylic acids is 1. The molecule has 1 heterocycles. The summed E-state index contributed by atoms with van der Waals surface area (Å²) in [5, 5.41) is 11.3. The molecule has 1 aromatic carbocycles. The Morgan fingerprint density at radius 1 is 1.44 bits per heavy atom. The first-order chi connectivity index (χ1) is 18.1. The molecule has 1 aliphatic carbocycles. The highest BCUT2D eigenvalue weighted by molar-refractivity contribution is 5.81. The van der Waals surface area contributed by atoms with E-state index in [0.717, 1.165) is 0 Å². The van der Waals surface area contributed by atoms with Gasteiger partial charge in [-0.2, -0.15) is 0 Å². The lowest BCUT2D eigenvalue weighted by Crippen LogP contribution is -2.47. The summed E-state index contributed by atoms with van der Waals surface area (Å²) in [5.74, 6) is -9.43. The molecule has 3 heteroatoms. The first-order valence-electron chi connectivity index (χ1n) is 16.2. The predicted octanol–water partition coefficient (Wildman–Crippen LogP) is 6.26. The normalized spacial score (nSPS) is 40.5. The molecule has 0 saturated heterocycles. The Hall–Kier alpha value is -1.51. The second kappa shape index (κ2) is 7.48. The minimum atomic E-state index is -3.78. The van der Waals surface area contributed by atoms with Crippen LogP contribution in [-0.4, -0.2) is 16.5 Å². The molecular formula is C24H36O3. The van der Waals surface area contributed by atoms with Crippen LogP contribution < -0.4 is 4.74 Å². The highest BCUT2D eigenvalue weighted by Crippen LogP contribution is 2.54. The lowest BCUT2D eigenvalue weighted by Gasteiger charge is -2.47. The Labute approximate surface area is 184 Å². The van der Waals surface area contributed by atoms with Crippen molar-refractivity contribution in [1.82, 2.24) is 0 Å². The van der Waals surface area contributed by atoms with E-state index in [9.17, 15) is 12.6 Å². The average Bonchev–Trinajstić information content (AvgIpc) is 2.73. The molecule has 0 bridgehead atoms. The van der Waals surface area contributed by atoms with Crippen LogP contribution in [0.3, 0.4) is 0 Å². The quantitative estimate of drug-likeness (QED) is 0.587. The van der Waals surface area contributed by atoms with Crippen molar-refractivity contribution in [2.45, 2.75) is 103 Å². The van der Waals surface area contributed by atoms with Gasteiger partial charge in [0.1, 0.15) is 22.9 Å². The molecule has 0 aromatic heterocycles. The summed E-state index contributed by atoms with van der Waals surface area (Å²) in [6, 6.07) is -1.38. The minimum absolute atomic E-state index is 0.163. The number of hydrogen-bond acceptors (Lipinski definition) is 3. The Morgan fingerprint density at radius 2 is 2.22 bits per heavy atom. The molecule has 0 amide bonds. The van der Waals surface area contributed by atoms with Crippen LogP contribution >= 0.6 is 0 Å². The molecule has 3 rings (SSSR count). The molecular weight excluding hydrogens is 336 g/mol. The number of ether oxygens (including phenoxy) is 1. The number of carbonyl (C=O) groups is 1. The van der Waals surface area contributed by atoms with Crippen molar-refractivity contribution in [2.75, 3.05) is 0 Å². The van der Waals surface area contributed by atoms with Crippen molar-refractivity contribution in [3.05, 3.63) is 23.2 Å². The Morgan fingerprint density at radius 3 is 2.93 bits per heavy atom.